The summed E-state index contributed by atoms with van der Waals surface area (Å²) in [6.45, 7) is 1.94. The molecular weight excluding hydrogens is 243 g/mol. The van der Waals surface area contributed by atoms with Crippen molar-refractivity contribution in [1.82, 2.24) is 5.32 Å². The second-order valence-electron chi connectivity index (χ2n) is 5.10. The molecule has 0 saturated heterocycles. The first kappa shape index (κ1) is 15.8. The molecule has 5 heteroatoms. The van der Waals surface area contributed by atoms with Gasteiger partial charge in [0.15, 0.2) is 0 Å². The molecule has 0 amide bonds. The van der Waals surface area contributed by atoms with Gasteiger partial charge in [-0.3, -0.25) is 0 Å². The average molecular weight is 267 g/mol. The summed E-state index contributed by atoms with van der Waals surface area (Å²) in [6.07, 6.45) is 2.67. The van der Waals surface area contributed by atoms with Crippen molar-refractivity contribution >= 4 is 0 Å². The average Bonchev–Trinajstić information content (AvgIpc) is 2.76. The first-order valence-corrected chi connectivity index (χ1v) is 6.89. The highest BCUT2D eigenvalue weighted by atomic mass is 19.4. The molecule has 1 aliphatic rings. The van der Waals surface area contributed by atoms with Gasteiger partial charge < -0.3 is 10.1 Å². The summed E-state index contributed by atoms with van der Waals surface area (Å²) >= 11 is 0. The summed E-state index contributed by atoms with van der Waals surface area (Å²) in [7, 11) is 0. The molecule has 1 saturated carbocycles. The third kappa shape index (κ3) is 7.21. The van der Waals surface area contributed by atoms with Crippen LogP contribution in [0.1, 0.15) is 45.4 Å². The summed E-state index contributed by atoms with van der Waals surface area (Å²) in [4.78, 5) is 0. The molecule has 108 valence electrons. The smallest absolute Gasteiger partial charge is 0.372 e. The molecule has 0 bridgehead atoms. The van der Waals surface area contributed by atoms with Gasteiger partial charge in [-0.05, 0) is 25.3 Å². The number of alkyl halides is 3. The maximum atomic E-state index is 11.9. The molecule has 0 spiro atoms. The van der Waals surface area contributed by atoms with E-state index in [-0.39, 0.29) is 6.61 Å². The van der Waals surface area contributed by atoms with Crippen molar-refractivity contribution in [3.63, 3.8) is 0 Å². The summed E-state index contributed by atoms with van der Waals surface area (Å²) in [5.74, 6) is 0.747. The van der Waals surface area contributed by atoms with Crippen LogP contribution in [-0.2, 0) is 4.74 Å². The van der Waals surface area contributed by atoms with Crippen LogP contribution in [0, 0.1) is 5.92 Å². The molecule has 0 aromatic carbocycles. The van der Waals surface area contributed by atoms with Gasteiger partial charge in [-0.25, -0.2) is 0 Å². The number of rotatable bonds is 8. The Hall–Kier alpha value is -0.290. The van der Waals surface area contributed by atoms with Crippen molar-refractivity contribution < 1.29 is 17.9 Å². The minimum atomic E-state index is -4.21. The number of nitrogens with one attached hydrogen (secondary N) is 1. The largest absolute Gasteiger partial charge is 0.411 e. The van der Waals surface area contributed by atoms with Gasteiger partial charge in [-0.15, -0.1) is 0 Å². The lowest BCUT2D eigenvalue weighted by Gasteiger charge is -2.21. The van der Waals surface area contributed by atoms with E-state index in [1.165, 1.54) is 25.7 Å². The van der Waals surface area contributed by atoms with Crippen LogP contribution in [0.3, 0.4) is 0 Å². The fourth-order valence-corrected chi connectivity index (χ4v) is 2.65. The zero-order chi connectivity index (χ0) is 13.4. The van der Waals surface area contributed by atoms with Gasteiger partial charge in [0.05, 0.1) is 0 Å². The van der Waals surface area contributed by atoms with Crippen molar-refractivity contribution in [3.8, 4) is 0 Å². The fraction of sp³-hybridized carbons (Fsp3) is 1.00. The molecule has 1 fully saturated rings. The molecule has 18 heavy (non-hydrogen) atoms. The lowest BCUT2D eigenvalue weighted by atomic mass is 9.96. The van der Waals surface area contributed by atoms with Crippen LogP contribution in [0.15, 0.2) is 0 Å². The van der Waals surface area contributed by atoms with E-state index in [9.17, 15) is 13.2 Å². The third-order valence-corrected chi connectivity index (χ3v) is 3.46. The van der Waals surface area contributed by atoms with Gasteiger partial charge in [0.2, 0.25) is 0 Å². The minimum Gasteiger partial charge on any atom is -0.372 e. The van der Waals surface area contributed by atoms with Gasteiger partial charge in [-0.1, -0.05) is 32.6 Å². The molecule has 1 aliphatic carbocycles. The quantitative estimate of drug-likeness (QED) is 0.679. The second kappa shape index (κ2) is 8.00. The minimum absolute atomic E-state index is 0.184. The monoisotopic (exact) mass is 267 g/mol. The Morgan fingerprint density at radius 1 is 1.28 bits per heavy atom. The molecule has 1 unspecified atom stereocenters. The lowest BCUT2D eigenvalue weighted by Crippen LogP contribution is -2.32. The van der Waals surface area contributed by atoms with Gasteiger partial charge in [0.25, 0.3) is 0 Å². The molecule has 0 radical (unpaired) electrons. The molecule has 0 aliphatic heterocycles. The molecule has 1 N–H and O–H groups in total. The molecule has 0 heterocycles. The van der Waals surface area contributed by atoms with E-state index >= 15 is 0 Å². The Kier molecular flexibility index (Phi) is 7.00. The molecule has 2 nitrogen and oxygen atoms in total. The standard InChI is InChI=1S/C13H24F3NO/c1-2-17-12(9-11-5-3-4-6-11)7-8-18-10-13(14,15)16/h11-12,17H,2-10H2,1H3. The molecule has 1 rings (SSSR count). The maximum Gasteiger partial charge on any atom is 0.411 e. The van der Waals surface area contributed by atoms with Gasteiger partial charge in [0, 0.05) is 12.6 Å². The first-order valence-electron chi connectivity index (χ1n) is 6.89. The summed E-state index contributed by atoms with van der Waals surface area (Å²) in [5, 5.41) is 3.35. The Bertz CT molecular complexity index is 215. The van der Waals surface area contributed by atoms with E-state index in [2.05, 4.69) is 10.1 Å². The van der Waals surface area contributed by atoms with E-state index in [4.69, 9.17) is 0 Å². The van der Waals surface area contributed by atoms with Crippen molar-refractivity contribution in [2.45, 2.75) is 57.7 Å². The van der Waals surface area contributed by atoms with E-state index < -0.39 is 12.8 Å². The highest BCUT2D eigenvalue weighted by molar-refractivity contribution is 4.75. The number of hydrogen-bond acceptors (Lipinski definition) is 2. The predicted octanol–water partition coefficient (Wildman–Crippen LogP) is 3.51. The Morgan fingerprint density at radius 3 is 2.50 bits per heavy atom. The van der Waals surface area contributed by atoms with E-state index in [0.29, 0.717) is 12.5 Å². The van der Waals surface area contributed by atoms with E-state index in [1.807, 2.05) is 6.92 Å². The van der Waals surface area contributed by atoms with Crippen molar-refractivity contribution in [2.75, 3.05) is 19.8 Å². The van der Waals surface area contributed by atoms with Crippen LogP contribution in [0.5, 0.6) is 0 Å². The number of hydrogen-bond donors (Lipinski definition) is 1. The normalized spacial score (nSPS) is 19.3. The SMILES string of the molecule is CCNC(CCOCC(F)(F)F)CC1CCCC1. The fourth-order valence-electron chi connectivity index (χ4n) is 2.65. The number of halogens is 3. The Labute approximate surface area is 107 Å². The highest BCUT2D eigenvalue weighted by Gasteiger charge is 2.27. The highest BCUT2D eigenvalue weighted by Crippen LogP contribution is 2.29. The van der Waals surface area contributed by atoms with Crippen molar-refractivity contribution in [2.24, 2.45) is 5.92 Å². The zero-order valence-electron chi connectivity index (χ0n) is 11.1. The van der Waals surface area contributed by atoms with Gasteiger partial charge in [-0.2, -0.15) is 13.2 Å². The van der Waals surface area contributed by atoms with Crippen molar-refractivity contribution in [1.29, 1.82) is 0 Å². The van der Waals surface area contributed by atoms with Crippen LogP contribution in [0.4, 0.5) is 13.2 Å². The number of ether oxygens (including phenoxy) is 1. The van der Waals surface area contributed by atoms with E-state index in [0.717, 1.165) is 18.9 Å². The molecule has 0 aromatic heterocycles. The Morgan fingerprint density at radius 2 is 1.94 bits per heavy atom. The summed E-state index contributed by atoms with van der Waals surface area (Å²) < 4.78 is 40.4. The topological polar surface area (TPSA) is 21.3 Å². The van der Waals surface area contributed by atoms with Crippen LogP contribution in [-0.4, -0.2) is 32.0 Å². The maximum absolute atomic E-state index is 11.9. The van der Waals surface area contributed by atoms with Crippen LogP contribution >= 0.6 is 0 Å². The molecule has 1 atom stereocenters. The zero-order valence-corrected chi connectivity index (χ0v) is 11.1. The van der Waals surface area contributed by atoms with Gasteiger partial charge in [0.1, 0.15) is 6.61 Å². The van der Waals surface area contributed by atoms with Crippen molar-refractivity contribution in [3.05, 3.63) is 0 Å². The van der Waals surface area contributed by atoms with Crippen LogP contribution in [0.25, 0.3) is 0 Å². The van der Waals surface area contributed by atoms with E-state index in [1.54, 1.807) is 0 Å². The molecular formula is C13H24F3NO. The predicted molar refractivity (Wildman–Crippen MR) is 65.5 cm³/mol. The molecule has 0 aromatic rings. The summed E-state index contributed by atoms with van der Waals surface area (Å²) in [6, 6.07) is 0.298. The van der Waals surface area contributed by atoms with Gasteiger partial charge >= 0.3 is 6.18 Å². The third-order valence-electron chi connectivity index (χ3n) is 3.46. The Balaban J connectivity index is 2.16. The van der Waals surface area contributed by atoms with Crippen LogP contribution < -0.4 is 5.32 Å². The summed E-state index contributed by atoms with van der Waals surface area (Å²) in [5.41, 5.74) is 0. The first-order chi connectivity index (χ1) is 8.51. The lowest BCUT2D eigenvalue weighted by molar-refractivity contribution is -0.174. The van der Waals surface area contributed by atoms with Crippen LogP contribution in [0.2, 0.25) is 0 Å². The second-order valence-corrected chi connectivity index (χ2v) is 5.10.